The summed E-state index contributed by atoms with van der Waals surface area (Å²) in [4.78, 5) is 30.6. The maximum Gasteiger partial charge on any atom is 0.326 e. The SMILES string of the molecule is O=C(N[C@@H](Cc1ccc(F)cc1)C(=O)O)c1cc2ccc(Cl)nc2[nH]1. The summed E-state index contributed by atoms with van der Waals surface area (Å²) in [7, 11) is 0. The number of carbonyl (C=O) groups is 2. The molecule has 0 fully saturated rings. The zero-order valence-electron chi connectivity index (χ0n) is 12.8. The Morgan fingerprint density at radius 2 is 1.96 bits per heavy atom. The van der Waals surface area contributed by atoms with E-state index in [0.717, 1.165) is 0 Å². The average molecular weight is 362 g/mol. The number of aromatic nitrogens is 2. The number of rotatable bonds is 5. The molecule has 3 N–H and O–H groups in total. The van der Waals surface area contributed by atoms with Gasteiger partial charge in [0.1, 0.15) is 28.4 Å². The molecule has 1 atom stereocenters. The Morgan fingerprint density at radius 3 is 2.64 bits per heavy atom. The maximum atomic E-state index is 12.9. The van der Waals surface area contributed by atoms with Crippen LogP contribution in [0.4, 0.5) is 4.39 Å². The Kier molecular flexibility index (Phi) is 4.67. The van der Waals surface area contributed by atoms with Crippen molar-refractivity contribution in [1.82, 2.24) is 15.3 Å². The lowest BCUT2D eigenvalue weighted by Crippen LogP contribution is -2.42. The molecule has 3 rings (SSSR count). The Morgan fingerprint density at radius 1 is 1.24 bits per heavy atom. The van der Waals surface area contributed by atoms with Crippen LogP contribution in [0.2, 0.25) is 5.15 Å². The van der Waals surface area contributed by atoms with Gasteiger partial charge in [-0.1, -0.05) is 23.7 Å². The van der Waals surface area contributed by atoms with E-state index in [1.807, 2.05) is 0 Å². The van der Waals surface area contributed by atoms with Crippen molar-refractivity contribution in [3.05, 3.63) is 64.7 Å². The van der Waals surface area contributed by atoms with E-state index in [-0.39, 0.29) is 17.3 Å². The van der Waals surface area contributed by atoms with E-state index in [4.69, 9.17) is 11.6 Å². The van der Waals surface area contributed by atoms with Gasteiger partial charge in [0.15, 0.2) is 0 Å². The van der Waals surface area contributed by atoms with Gasteiger partial charge in [-0.3, -0.25) is 4.79 Å². The molecule has 1 amide bonds. The van der Waals surface area contributed by atoms with Gasteiger partial charge < -0.3 is 15.4 Å². The average Bonchev–Trinajstić information content (AvgIpc) is 2.99. The molecule has 0 bridgehead atoms. The standard InChI is InChI=1S/C17H13ClFN3O3/c18-14-6-3-10-8-12(20-15(10)22-14)16(23)21-13(17(24)25)7-9-1-4-11(19)5-2-9/h1-6,8,13H,7H2,(H,20,22)(H,21,23)(H,24,25)/t13-/m0/s1. The van der Waals surface area contributed by atoms with Crippen LogP contribution in [0.15, 0.2) is 42.5 Å². The van der Waals surface area contributed by atoms with E-state index in [1.165, 1.54) is 24.3 Å². The smallest absolute Gasteiger partial charge is 0.326 e. The van der Waals surface area contributed by atoms with Crippen LogP contribution in [0, 0.1) is 5.82 Å². The minimum Gasteiger partial charge on any atom is -0.480 e. The van der Waals surface area contributed by atoms with E-state index in [1.54, 1.807) is 18.2 Å². The molecule has 1 aromatic carbocycles. The van der Waals surface area contributed by atoms with E-state index in [2.05, 4.69) is 15.3 Å². The number of H-pyrrole nitrogens is 1. The minimum atomic E-state index is -1.19. The molecule has 0 saturated heterocycles. The number of halogens is 2. The van der Waals surface area contributed by atoms with E-state index in [0.29, 0.717) is 16.6 Å². The highest BCUT2D eigenvalue weighted by molar-refractivity contribution is 6.29. The number of fused-ring (bicyclic) bond motifs is 1. The number of nitrogens with one attached hydrogen (secondary N) is 2. The number of hydrogen-bond donors (Lipinski definition) is 3. The summed E-state index contributed by atoms with van der Waals surface area (Å²) >= 11 is 5.80. The first-order chi connectivity index (χ1) is 11.9. The van der Waals surface area contributed by atoms with Crippen molar-refractivity contribution in [3.63, 3.8) is 0 Å². The lowest BCUT2D eigenvalue weighted by molar-refractivity contribution is -0.139. The molecule has 0 spiro atoms. The minimum absolute atomic E-state index is 0.0334. The fourth-order valence-corrected chi connectivity index (χ4v) is 2.54. The molecule has 2 aromatic heterocycles. The van der Waals surface area contributed by atoms with Gasteiger partial charge in [-0.05, 0) is 35.9 Å². The number of carboxylic acids is 1. The monoisotopic (exact) mass is 361 g/mol. The fraction of sp³-hybridized carbons (Fsp3) is 0.118. The molecule has 0 aliphatic rings. The summed E-state index contributed by atoms with van der Waals surface area (Å²) in [5.41, 5.74) is 1.21. The summed E-state index contributed by atoms with van der Waals surface area (Å²) < 4.78 is 12.9. The van der Waals surface area contributed by atoms with Crippen LogP contribution in [0.25, 0.3) is 11.0 Å². The highest BCUT2D eigenvalue weighted by Gasteiger charge is 2.22. The van der Waals surface area contributed by atoms with Crippen molar-refractivity contribution in [3.8, 4) is 0 Å². The van der Waals surface area contributed by atoms with Gasteiger partial charge in [-0.25, -0.2) is 14.2 Å². The summed E-state index contributed by atoms with van der Waals surface area (Å²) in [5.74, 6) is -2.18. The largest absolute Gasteiger partial charge is 0.480 e. The van der Waals surface area contributed by atoms with E-state index in [9.17, 15) is 19.1 Å². The fourth-order valence-electron chi connectivity index (χ4n) is 2.40. The lowest BCUT2D eigenvalue weighted by Gasteiger charge is -2.14. The number of nitrogens with zero attached hydrogens (tertiary/aromatic N) is 1. The first-order valence-corrected chi connectivity index (χ1v) is 7.73. The quantitative estimate of drug-likeness (QED) is 0.609. The molecular formula is C17H13ClFN3O3. The van der Waals surface area contributed by atoms with Gasteiger partial charge in [0.2, 0.25) is 0 Å². The van der Waals surface area contributed by atoms with Crippen molar-refractivity contribution in [2.24, 2.45) is 0 Å². The second kappa shape index (κ2) is 6.90. The van der Waals surface area contributed by atoms with Crippen LogP contribution in [-0.4, -0.2) is 33.0 Å². The van der Waals surface area contributed by atoms with E-state index < -0.39 is 23.7 Å². The van der Waals surface area contributed by atoms with Gasteiger partial charge in [0, 0.05) is 11.8 Å². The van der Waals surface area contributed by atoms with Crippen LogP contribution >= 0.6 is 11.6 Å². The molecule has 2 heterocycles. The van der Waals surface area contributed by atoms with Crippen molar-refractivity contribution in [1.29, 1.82) is 0 Å². The van der Waals surface area contributed by atoms with Gasteiger partial charge in [0.05, 0.1) is 0 Å². The third-order valence-electron chi connectivity index (χ3n) is 3.65. The highest BCUT2D eigenvalue weighted by Crippen LogP contribution is 2.16. The first-order valence-electron chi connectivity index (χ1n) is 7.36. The van der Waals surface area contributed by atoms with Crippen molar-refractivity contribution < 1.29 is 19.1 Å². The third kappa shape index (κ3) is 3.95. The van der Waals surface area contributed by atoms with Gasteiger partial charge in [-0.2, -0.15) is 0 Å². The molecule has 0 unspecified atom stereocenters. The van der Waals surface area contributed by atoms with Crippen LogP contribution in [0.5, 0.6) is 0 Å². The molecule has 0 saturated carbocycles. The zero-order valence-corrected chi connectivity index (χ0v) is 13.5. The number of benzene rings is 1. The second-order valence-electron chi connectivity index (χ2n) is 5.45. The van der Waals surface area contributed by atoms with Gasteiger partial charge >= 0.3 is 5.97 Å². The number of carbonyl (C=O) groups excluding carboxylic acids is 1. The van der Waals surface area contributed by atoms with Crippen molar-refractivity contribution in [2.75, 3.05) is 0 Å². The van der Waals surface area contributed by atoms with Crippen LogP contribution in [0.3, 0.4) is 0 Å². The number of carboxylic acid groups (broad SMARTS) is 1. The number of hydrogen-bond acceptors (Lipinski definition) is 3. The molecule has 0 aliphatic carbocycles. The van der Waals surface area contributed by atoms with E-state index >= 15 is 0 Å². The molecule has 0 aliphatic heterocycles. The predicted molar refractivity (Wildman–Crippen MR) is 90.1 cm³/mol. The zero-order chi connectivity index (χ0) is 18.0. The van der Waals surface area contributed by atoms with Crippen LogP contribution in [0.1, 0.15) is 16.1 Å². The van der Waals surface area contributed by atoms with Gasteiger partial charge in [-0.15, -0.1) is 0 Å². The first kappa shape index (κ1) is 16.9. The Bertz CT molecular complexity index is 940. The molecular weight excluding hydrogens is 349 g/mol. The highest BCUT2D eigenvalue weighted by atomic mass is 35.5. The maximum absolute atomic E-state index is 12.9. The van der Waals surface area contributed by atoms with Gasteiger partial charge in [0.25, 0.3) is 5.91 Å². The van der Waals surface area contributed by atoms with Crippen molar-refractivity contribution >= 4 is 34.5 Å². The van der Waals surface area contributed by atoms with Crippen LogP contribution < -0.4 is 5.32 Å². The number of aromatic amines is 1. The molecule has 6 nitrogen and oxygen atoms in total. The molecule has 25 heavy (non-hydrogen) atoms. The Hall–Kier alpha value is -2.93. The summed E-state index contributed by atoms with van der Waals surface area (Å²) in [6.07, 6.45) is 0.0334. The number of amides is 1. The number of pyridine rings is 1. The van der Waals surface area contributed by atoms with Crippen molar-refractivity contribution in [2.45, 2.75) is 12.5 Å². The number of aliphatic carboxylic acids is 1. The topological polar surface area (TPSA) is 95.1 Å². The normalized spacial score (nSPS) is 12.1. The lowest BCUT2D eigenvalue weighted by atomic mass is 10.1. The molecule has 3 aromatic rings. The van der Waals surface area contributed by atoms with Crippen LogP contribution in [-0.2, 0) is 11.2 Å². The Balaban J connectivity index is 1.77. The summed E-state index contributed by atoms with van der Waals surface area (Å²) in [6, 6.07) is 9.13. The molecule has 0 radical (unpaired) electrons. The summed E-state index contributed by atoms with van der Waals surface area (Å²) in [5, 5.41) is 12.7. The predicted octanol–water partition coefficient (Wildman–Crippen LogP) is 2.78. The second-order valence-corrected chi connectivity index (χ2v) is 5.84. The molecule has 128 valence electrons. The molecule has 8 heteroatoms. The Labute approximate surface area is 146 Å². The third-order valence-corrected chi connectivity index (χ3v) is 3.86. The summed E-state index contributed by atoms with van der Waals surface area (Å²) in [6.45, 7) is 0.